The van der Waals surface area contributed by atoms with Gasteiger partial charge in [-0.3, -0.25) is 4.79 Å². The Bertz CT molecular complexity index is 601. The highest BCUT2D eigenvalue weighted by atomic mass is 32.2. The fourth-order valence-corrected chi connectivity index (χ4v) is 2.87. The molecule has 0 aliphatic rings. The maximum absolute atomic E-state index is 12.3. The number of thioether (sulfide) groups is 1. The molecule has 0 saturated carbocycles. The number of nitrogens with zero attached hydrogens (tertiary/aromatic N) is 1. The number of para-hydroxylation sites is 1. The van der Waals surface area contributed by atoms with E-state index >= 15 is 0 Å². The first-order valence-corrected chi connectivity index (χ1v) is 7.79. The third-order valence-corrected chi connectivity index (χ3v) is 4.52. The standard InChI is InChI=1S/C17H19NO2S/c1-13(14-8-4-3-5-9-14)18(2)17(20)12-21-16-11-7-6-10-15(16)19/h3-11,13,19H,12H2,1-2H3. The second-order valence-electron chi connectivity index (χ2n) is 4.85. The first-order chi connectivity index (χ1) is 10.1. The molecular weight excluding hydrogens is 282 g/mol. The third-order valence-electron chi connectivity index (χ3n) is 3.47. The van der Waals surface area contributed by atoms with E-state index in [0.29, 0.717) is 5.75 Å². The minimum atomic E-state index is 0.0312. The predicted octanol–water partition coefficient (Wildman–Crippen LogP) is 3.70. The van der Waals surface area contributed by atoms with Crippen molar-refractivity contribution >= 4 is 17.7 Å². The van der Waals surface area contributed by atoms with Gasteiger partial charge in [0.25, 0.3) is 0 Å². The molecule has 0 aliphatic heterocycles. The van der Waals surface area contributed by atoms with Gasteiger partial charge in [0.15, 0.2) is 0 Å². The van der Waals surface area contributed by atoms with E-state index < -0.39 is 0 Å². The molecular formula is C17H19NO2S. The number of carbonyl (C=O) groups is 1. The largest absolute Gasteiger partial charge is 0.507 e. The van der Waals surface area contributed by atoms with Crippen LogP contribution >= 0.6 is 11.8 Å². The zero-order valence-electron chi connectivity index (χ0n) is 12.2. The zero-order valence-corrected chi connectivity index (χ0v) is 13.0. The van der Waals surface area contributed by atoms with Crippen molar-refractivity contribution in [2.45, 2.75) is 17.9 Å². The molecule has 1 N–H and O–H groups in total. The van der Waals surface area contributed by atoms with Crippen LogP contribution in [0.2, 0.25) is 0 Å². The number of rotatable bonds is 5. The summed E-state index contributed by atoms with van der Waals surface area (Å²) in [6, 6.07) is 17.0. The van der Waals surface area contributed by atoms with Crippen LogP contribution in [0.1, 0.15) is 18.5 Å². The van der Waals surface area contributed by atoms with Crippen molar-refractivity contribution in [3.63, 3.8) is 0 Å². The molecule has 0 aliphatic carbocycles. The van der Waals surface area contributed by atoms with Gasteiger partial charge in [0.2, 0.25) is 5.91 Å². The Hall–Kier alpha value is -1.94. The van der Waals surface area contributed by atoms with Crippen molar-refractivity contribution in [3.05, 3.63) is 60.2 Å². The molecule has 2 aromatic carbocycles. The van der Waals surface area contributed by atoms with E-state index in [1.165, 1.54) is 11.8 Å². The van der Waals surface area contributed by atoms with Crippen molar-refractivity contribution in [2.75, 3.05) is 12.8 Å². The molecule has 21 heavy (non-hydrogen) atoms. The first kappa shape index (κ1) is 15.4. The molecule has 3 nitrogen and oxygen atoms in total. The van der Waals surface area contributed by atoms with Crippen molar-refractivity contribution in [1.29, 1.82) is 0 Å². The van der Waals surface area contributed by atoms with E-state index in [1.807, 2.05) is 56.4 Å². The Morgan fingerprint density at radius 2 is 1.76 bits per heavy atom. The lowest BCUT2D eigenvalue weighted by Gasteiger charge is -2.25. The van der Waals surface area contributed by atoms with Crippen LogP contribution in [0, 0.1) is 0 Å². The number of benzene rings is 2. The summed E-state index contributed by atoms with van der Waals surface area (Å²) in [6.07, 6.45) is 0. The maximum atomic E-state index is 12.3. The maximum Gasteiger partial charge on any atom is 0.233 e. The van der Waals surface area contributed by atoms with Crippen molar-refractivity contribution in [1.82, 2.24) is 4.90 Å². The van der Waals surface area contributed by atoms with E-state index in [4.69, 9.17) is 0 Å². The first-order valence-electron chi connectivity index (χ1n) is 6.81. The average molecular weight is 301 g/mol. The SMILES string of the molecule is CC(c1ccccc1)N(C)C(=O)CSc1ccccc1O. The van der Waals surface area contributed by atoms with E-state index in [0.717, 1.165) is 10.5 Å². The van der Waals surface area contributed by atoms with Gasteiger partial charge >= 0.3 is 0 Å². The summed E-state index contributed by atoms with van der Waals surface area (Å²) >= 11 is 1.35. The number of carbonyl (C=O) groups excluding carboxylic acids is 1. The summed E-state index contributed by atoms with van der Waals surface area (Å²) in [5.74, 6) is 0.569. The lowest BCUT2D eigenvalue weighted by atomic mass is 10.1. The highest BCUT2D eigenvalue weighted by molar-refractivity contribution is 8.00. The van der Waals surface area contributed by atoms with Gasteiger partial charge in [-0.1, -0.05) is 42.5 Å². The monoisotopic (exact) mass is 301 g/mol. The predicted molar refractivity (Wildman–Crippen MR) is 86.5 cm³/mol. The van der Waals surface area contributed by atoms with Gasteiger partial charge in [-0.05, 0) is 24.6 Å². The third kappa shape index (κ3) is 4.02. The van der Waals surface area contributed by atoms with E-state index in [1.54, 1.807) is 17.0 Å². The summed E-state index contributed by atoms with van der Waals surface area (Å²) in [6.45, 7) is 2.01. The average Bonchev–Trinajstić information content (AvgIpc) is 2.53. The van der Waals surface area contributed by atoms with Crippen LogP contribution in [0.25, 0.3) is 0 Å². The van der Waals surface area contributed by atoms with Gasteiger partial charge in [-0.15, -0.1) is 11.8 Å². The minimum absolute atomic E-state index is 0.0312. The molecule has 0 bridgehead atoms. The van der Waals surface area contributed by atoms with Crippen LogP contribution in [-0.4, -0.2) is 28.7 Å². The quantitative estimate of drug-likeness (QED) is 0.856. The molecule has 4 heteroatoms. The lowest BCUT2D eigenvalue weighted by molar-refractivity contribution is -0.128. The van der Waals surface area contributed by atoms with Gasteiger partial charge < -0.3 is 10.0 Å². The van der Waals surface area contributed by atoms with E-state index in [2.05, 4.69) is 0 Å². The lowest BCUT2D eigenvalue weighted by Crippen LogP contribution is -2.31. The van der Waals surface area contributed by atoms with Crippen LogP contribution < -0.4 is 0 Å². The topological polar surface area (TPSA) is 40.5 Å². The smallest absolute Gasteiger partial charge is 0.233 e. The molecule has 110 valence electrons. The fourth-order valence-electron chi connectivity index (χ4n) is 1.99. The fraction of sp³-hybridized carbons (Fsp3) is 0.235. The van der Waals surface area contributed by atoms with Gasteiger partial charge in [0.05, 0.1) is 11.8 Å². The normalized spacial score (nSPS) is 11.9. The van der Waals surface area contributed by atoms with Gasteiger partial charge in [0.1, 0.15) is 5.75 Å². The molecule has 0 radical (unpaired) electrons. The molecule has 0 fully saturated rings. The second kappa shape index (κ2) is 7.18. The molecule has 0 saturated heterocycles. The van der Waals surface area contributed by atoms with Crippen LogP contribution in [0.15, 0.2) is 59.5 Å². The van der Waals surface area contributed by atoms with E-state index in [-0.39, 0.29) is 17.7 Å². The number of hydrogen-bond donors (Lipinski definition) is 1. The molecule has 1 amide bonds. The van der Waals surface area contributed by atoms with E-state index in [9.17, 15) is 9.90 Å². The van der Waals surface area contributed by atoms with Gasteiger partial charge in [0, 0.05) is 11.9 Å². The number of aromatic hydroxyl groups is 1. The minimum Gasteiger partial charge on any atom is -0.507 e. The van der Waals surface area contributed by atoms with Crippen molar-refractivity contribution < 1.29 is 9.90 Å². The molecule has 0 aromatic heterocycles. The molecule has 2 aromatic rings. The van der Waals surface area contributed by atoms with Gasteiger partial charge in [-0.25, -0.2) is 0 Å². The molecule has 1 unspecified atom stereocenters. The van der Waals surface area contributed by atoms with Crippen LogP contribution in [0.4, 0.5) is 0 Å². The number of phenolic OH excluding ortho intramolecular Hbond substituents is 1. The highest BCUT2D eigenvalue weighted by Gasteiger charge is 2.17. The Kier molecular flexibility index (Phi) is 5.28. The highest BCUT2D eigenvalue weighted by Crippen LogP contribution is 2.28. The van der Waals surface area contributed by atoms with Crippen LogP contribution in [0.5, 0.6) is 5.75 Å². The molecule has 2 rings (SSSR count). The summed E-state index contributed by atoms with van der Waals surface area (Å²) in [7, 11) is 1.81. The Balaban J connectivity index is 1.95. The van der Waals surface area contributed by atoms with Crippen LogP contribution in [0.3, 0.4) is 0 Å². The number of amides is 1. The summed E-state index contributed by atoms with van der Waals surface area (Å²) in [5, 5.41) is 9.70. The molecule has 1 atom stereocenters. The summed E-state index contributed by atoms with van der Waals surface area (Å²) in [4.78, 5) is 14.7. The summed E-state index contributed by atoms with van der Waals surface area (Å²) in [5.41, 5.74) is 1.11. The zero-order chi connectivity index (χ0) is 15.2. The summed E-state index contributed by atoms with van der Waals surface area (Å²) < 4.78 is 0. The Labute approximate surface area is 129 Å². The molecule has 0 heterocycles. The molecule has 0 spiro atoms. The Morgan fingerprint density at radius 3 is 2.43 bits per heavy atom. The number of phenols is 1. The number of hydrogen-bond acceptors (Lipinski definition) is 3. The van der Waals surface area contributed by atoms with Crippen LogP contribution in [-0.2, 0) is 4.79 Å². The Morgan fingerprint density at radius 1 is 1.14 bits per heavy atom. The van der Waals surface area contributed by atoms with Crippen molar-refractivity contribution in [2.24, 2.45) is 0 Å². The van der Waals surface area contributed by atoms with Crippen molar-refractivity contribution in [3.8, 4) is 5.75 Å². The van der Waals surface area contributed by atoms with Gasteiger partial charge in [-0.2, -0.15) is 0 Å². The second-order valence-corrected chi connectivity index (χ2v) is 5.86.